The summed E-state index contributed by atoms with van der Waals surface area (Å²) in [4.78, 5) is 0. The molecule has 1 atom stereocenters. The zero-order chi connectivity index (χ0) is 13.3. The van der Waals surface area contributed by atoms with Crippen LogP contribution in [0.5, 0.6) is 0 Å². The normalized spacial score (nSPS) is 22.5. The Kier molecular flexibility index (Phi) is 4.00. The number of hydrogen-bond donors (Lipinski definition) is 0. The second-order valence-corrected chi connectivity index (χ2v) is 5.06. The third kappa shape index (κ3) is 3.55. The quantitative estimate of drug-likeness (QED) is 0.453. The van der Waals surface area contributed by atoms with Gasteiger partial charge in [0.1, 0.15) is 5.76 Å². The van der Waals surface area contributed by atoms with E-state index in [9.17, 15) is 30.4 Å². The minimum absolute atomic E-state index is 0.100. The van der Waals surface area contributed by atoms with E-state index in [-0.39, 0.29) is 19.3 Å². The number of alkyl halides is 5. The van der Waals surface area contributed by atoms with Crippen molar-refractivity contribution in [1.82, 2.24) is 0 Å². The summed E-state index contributed by atoms with van der Waals surface area (Å²) in [7, 11) is -5.69. The van der Waals surface area contributed by atoms with Crippen LogP contribution in [-0.4, -0.2) is 20.4 Å². The van der Waals surface area contributed by atoms with Gasteiger partial charge >= 0.3 is 15.6 Å². The Morgan fingerprint density at radius 1 is 1.35 bits per heavy atom. The molecule has 9 heteroatoms. The molecular formula is C8H9F5O3S. The molecule has 17 heavy (non-hydrogen) atoms. The van der Waals surface area contributed by atoms with Gasteiger partial charge < -0.3 is 4.18 Å². The van der Waals surface area contributed by atoms with E-state index >= 15 is 0 Å². The summed E-state index contributed by atoms with van der Waals surface area (Å²) < 4.78 is 85.2. The second-order valence-electron chi connectivity index (χ2n) is 3.52. The summed E-state index contributed by atoms with van der Waals surface area (Å²) in [6.07, 6.45) is -2.16. The standard InChI is InChI=1S/C8H9F5O3S/c9-7(10)5-1-3-6(4-2-5)16-17(14,15)8(11,12)13/h3,5,7H,1-2,4H2. The molecule has 0 aromatic rings. The van der Waals surface area contributed by atoms with Crippen LogP contribution in [0, 0.1) is 5.92 Å². The average Bonchev–Trinajstić information content (AvgIpc) is 2.16. The summed E-state index contributed by atoms with van der Waals surface area (Å²) in [5, 5.41) is 0. The van der Waals surface area contributed by atoms with Crippen molar-refractivity contribution in [2.45, 2.75) is 31.2 Å². The van der Waals surface area contributed by atoms with Crippen LogP contribution in [0.15, 0.2) is 11.8 Å². The highest BCUT2D eigenvalue weighted by Crippen LogP contribution is 2.33. The Labute approximate surface area is 94.4 Å². The first-order valence-corrected chi connectivity index (χ1v) is 6.02. The van der Waals surface area contributed by atoms with E-state index in [1.807, 2.05) is 0 Å². The Balaban J connectivity index is 2.68. The molecule has 0 N–H and O–H groups in total. The van der Waals surface area contributed by atoms with E-state index in [2.05, 4.69) is 4.18 Å². The summed E-state index contributed by atoms with van der Waals surface area (Å²) >= 11 is 0. The first-order chi connectivity index (χ1) is 7.63. The molecule has 100 valence electrons. The molecular weight excluding hydrogens is 271 g/mol. The van der Waals surface area contributed by atoms with Crippen LogP contribution >= 0.6 is 0 Å². The van der Waals surface area contributed by atoms with Gasteiger partial charge in [0, 0.05) is 12.3 Å². The maximum atomic E-state index is 12.2. The molecule has 0 aliphatic heterocycles. The number of halogens is 5. The summed E-state index contributed by atoms with van der Waals surface area (Å²) in [6.45, 7) is 0. The van der Waals surface area contributed by atoms with E-state index in [4.69, 9.17) is 0 Å². The highest BCUT2D eigenvalue weighted by Gasteiger charge is 2.49. The molecule has 0 radical (unpaired) electrons. The first kappa shape index (κ1) is 14.2. The van der Waals surface area contributed by atoms with Crippen LogP contribution in [0.2, 0.25) is 0 Å². The van der Waals surface area contributed by atoms with Crippen molar-refractivity contribution in [1.29, 1.82) is 0 Å². The smallest absolute Gasteiger partial charge is 0.381 e. The van der Waals surface area contributed by atoms with Crippen molar-refractivity contribution >= 4 is 10.1 Å². The van der Waals surface area contributed by atoms with E-state index in [1.54, 1.807) is 0 Å². The van der Waals surface area contributed by atoms with Crippen LogP contribution in [0.4, 0.5) is 22.0 Å². The lowest BCUT2D eigenvalue weighted by molar-refractivity contribution is -0.0526. The topological polar surface area (TPSA) is 43.4 Å². The van der Waals surface area contributed by atoms with Gasteiger partial charge in [0.2, 0.25) is 6.43 Å². The van der Waals surface area contributed by atoms with E-state index in [0.717, 1.165) is 6.08 Å². The summed E-state index contributed by atoms with van der Waals surface area (Å²) in [5.41, 5.74) is -5.51. The maximum Gasteiger partial charge on any atom is 0.534 e. The van der Waals surface area contributed by atoms with Gasteiger partial charge in [-0.05, 0) is 18.9 Å². The lowest BCUT2D eigenvalue weighted by Crippen LogP contribution is -2.26. The van der Waals surface area contributed by atoms with Gasteiger partial charge in [0.05, 0.1) is 0 Å². The van der Waals surface area contributed by atoms with Crippen molar-refractivity contribution in [2.24, 2.45) is 5.92 Å². The molecule has 0 saturated carbocycles. The Hall–Kier alpha value is -0.860. The van der Waals surface area contributed by atoms with Crippen LogP contribution in [-0.2, 0) is 14.3 Å². The van der Waals surface area contributed by atoms with Crippen molar-refractivity contribution in [3.05, 3.63) is 11.8 Å². The van der Waals surface area contributed by atoms with Gasteiger partial charge in [-0.15, -0.1) is 0 Å². The van der Waals surface area contributed by atoms with Gasteiger partial charge in [-0.2, -0.15) is 21.6 Å². The van der Waals surface area contributed by atoms with Gasteiger partial charge in [-0.25, -0.2) is 8.78 Å². The molecule has 1 rings (SSSR count). The molecule has 1 aliphatic rings. The van der Waals surface area contributed by atoms with E-state index < -0.39 is 33.7 Å². The molecule has 0 bridgehead atoms. The fourth-order valence-corrected chi connectivity index (χ4v) is 1.85. The van der Waals surface area contributed by atoms with Crippen LogP contribution < -0.4 is 0 Å². The molecule has 3 nitrogen and oxygen atoms in total. The summed E-state index contributed by atoms with van der Waals surface area (Å²) in [5.74, 6) is -1.39. The van der Waals surface area contributed by atoms with Gasteiger partial charge in [-0.1, -0.05) is 0 Å². The minimum Gasteiger partial charge on any atom is -0.381 e. The molecule has 0 saturated heterocycles. The van der Waals surface area contributed by atoms with Crippen LogP contribution in [0.3, 0.4) is 0 Å². The number of hydrogen-bond acceptors (Lipinski definition) is 3. The summed E-state index contributed by atoms with van der Waals surface area (Å²) in [6, 6.07) is 0. The monoisotopic (exact) mass is 280 g/mol. The van der Waals surface area contributed by atoms with Gasteiger partial charge in [0.15, 0.2) is 0 Å². The molecule has 0 aromatic carbocycles. The largest absolute Gasteiger partial charge is 0.534 e. The molecule has 0 amide bonds. The predicted molar refractivity (Wildman–Crippen MR) is 47.5 cm³/mol. The zero-order valence-electron chi connectivity index (χ0n) is 8.38. The van der Waals surface area contributed by atoms with Crippen molar-refractivity contribution in [3.63, 3.8) is 0 Å². The van der Waals surface area contributed by atoms with E-state index in [0.29, 0.717) is 0 Å². The highest BCUT2D eigenvalue weighted by atomic mass is 32.2. The Morgan fingerprint density at radius 3 is 2.29 bits per heavy atom. The molecule has 0 heterocycles. The molecule has 1 unspecified atom stereocenters. The average molecular weight is 280 g/mol. The highest BCUT2D eigenvalue weighted by molar-refractivity contribution is 7.87. The van der Waals surface area contributed by atoms with Gasteiger partial charge in [-0.3, -0.25) is 0 Å². The number of allylic oxidation sites excluding steroid dienone is 2. The molecule has 0 spiro atoms. The van der Waals surface area contributed by atoms with Crippen molar-refractivity contribution < 1.29 is 34.6 Å². The maximum absolute atomic E-state index is 12.2. The molecule has 1 aliphatic carbocycles. The Bertz CT molecular complexity index is 398. The fourth-order valence-electron chi connectivity index (χ4n) is 1.32. The Morgan fingerprint density at radius 2 is 1.94 bits per heavy atom. The zero-order valence-corrected chi connectivity index (χ0v) is 9.19. The predicted octanol–water partition coefficient (Wildman–Crippen LogP) is 2.80. The first-order valence-electron chi connectivity index (χ1n) is 4.61. The van der Waals surface area contributed by atoms with Gasteiger partial charge in [0.25, 0.3) is 0 Å². The second kappa shape index (κ2) is 4.79. The number of rotatable bonds is 3. The fraction of sp³-hybridized carbons (Fsp3) is 0.750. The van der Waals surface area contributed by atoms with Crippen molar-refractivity contribution in [2.75, 3.05) is 0 Å². The SMILES string of the molecule is O=S(=O)(OC1=CCC(C(F)F)CC1)C(F)(F)F. The van der Waals surface area contributed by atoms with Crippen molar-refractivity contribution in [3.8, 4) is 0 Å². The third-order valence-electron chi connectivity index (χ3n) is 2.27. The van der Waals surface area contributed by atoms with Crippen LogP contribution in [0.1, 0.15) is 19.3 Å². The lowest BCUT2D eigenvalue weighted by atomic mass is 9.94. The molecule has 0 aromatic heterocycles. The molecule has 0 fully saturated rings. The van der Waals surface area contributed by atoms with Crippen LogP contribution in [0.25, 0.3) is 0 Å². The van der Waals surface area contributed by atoms with E-state index in [1.165, 1.54) is 0 Å². The third-order valence-corrected chi connectivity index (χ3v) is 3.27. The minimum atomic E-state index is -5.69. The lowest BCUT2D eigenvalue weighted by Gasteiger charge is -2.21.